The van der Waals surface area contributed by atoms with Gasteiger partial charge in [0.1, 0.15) is 5.75 Å². The summed E-state index contributed by atoms with van der Waals surface area (Å²) < 4.78 is 7.61. The maximum atomic E-state index is 12.7. The number of thiazole rings is 1. The predicted molar refractivity (Wildman–Crippen MR) is 113 cm³/mol. The molecule has 0 radical (unpaired) electrons. The first-order valence-electron chi connectivity index (χ1n) is 9.41. The number of aryl methyl sites for hydroxylation is 1. The number of fused-ring (bicyclic) bond motifs is 1. The van der Waals surface area contributed by atoms with Gasteiger partial charge in [-0.25, -0.2) is 0 Å². The van der Waals surface area contributed by atoms with Crippen molar-refractivity contribution in [3.63, 3.8) is 0 Å². The number of aromatic nitrogens is 3. The van der Waals surface area contributed by atoms with Crippen LogP contribution in [0.3, 0.4) is 0 Å². The van der Waals surface area contributed by atoms with Gasteiger partial charge in [-0.2, -0.15) is 9.50 Å². The van der Waals surface area contributed by atoms with E-state index in [0.717, 1.165) is 29.7 Å². The maximum Gasteiger partial charge on any atom is 0.291 e. The van der Waals surface area contributed by atoms with Crippen LogP contribution in [0, 0.1) is 0 Å². The molecule has 2 heterocycles. The van der Waals surface area contributed by atoms with E-state index in [-0.39, 0.29) is 5.56 Å². The van der Waals surface area contributed by atoms with Crippen molar-refractivity contribution in [3.05, 3.63) is 74.5 Å². The zero-order valence-corrected chi connectivity index (χ0v) is 16.7. The van der Waals surface area contributed by atoms with Crippen molar-refractivity contribution in [1.29, 1.82) is 0 Å². The molecule has 2 aromatic heterocycles. The molecule has 0 bridgehead atoms. The summed E-state index contributed by atoms with van der Waals surface area (Å²) in [5, 5.41) is 4.41. The SMILES string of the molecule is CCCOc1ccc(-c2nc3sc(=Cc4ccc(CC)cc4)c(=O)n3n2)cc1. The molecular weight excluding hydrogens is 370 g/mol. The van der Waals surface area contributed by atoms with Crippen LogP contribution in [0.2, 0.25) is 0 Å². The van der Waals surface area contributed by atoms with Crippen LogP contribution in [0.15, 0.2) is 53.3 Å². The standard InChI is InChI=1S/C22H21N3O2S/c1-3-13-27-18-11-9-17(10-12-18)20-23-22-25(24-20)21(26)19(28-22)14-16-7-5-15(4-2)6-8-16/h5-12,14H,3-4,13H2,1-2H3. The molecule has 142 valence electrons. The molecule has 0 atom stereocenters. The molecule has 28 heavy (non-hydrogen) atoms. The summed E-state index contributed by atoms with van der Waals surface area (Å²) >= 11 is 1.36. The lowest BCUT2D eigenvalue weighted by atomic mass is 10.1. The van der Waals surface area contributed by atoms with Crippen molar-refractivity contribution >= 4 is 22.4 Å². The first-order chi connectivity index (χ1) is 13.7. The molecule has 2 aromatic carbocycles. The Hall–Kier alpha value is -2.99. The van der Waals surface area contributed by atoms with Crippen LogP contribution in [-0.4, -0.2) is 21.2 Å². The third-order valence-electron chi connectivity index (χ3n) is 4.45. The molecule has 6 heteroatoms. The Bertz CT molecular complexity index is 1190. The van der Waals surface area contributed by atoms with E-state index < -0.39 is 0 Å². The zero-order valence-electron chi connectivity index (χ0n) is 15.9. The van der Waals surface area contributed by atoms with E-state index in [2.05, 4.69) is 36.1 Å². The summed E-state index contributed by atoms with van der Waals surface area (Å²) in [6.07, 6.45) is 3.86. The average molecular weight is 391 g/mol. The van der Waals surface area contributed by atoms with E-state index in [1.54, 1.807) is 0 Å². The summed E-state index contributed by atoms with van der Waals surface area (Å²) in [5.74, 6) is 1.37. The molecule has 0 spiro atoms. The van der Waals surface area contributed by atoms with Crippen LogP contribution in [0.4, 0.5) is 0 Å². The van der Waals surface area contributed by atoms with Crippen molar-refractivity contribution in [2.45, 2.75) is 26.7 Å². The minimum Gasteiger partial charge on any atom is -0.494 e. The van der Waals surface area contributed by atoms with Gasteiger partial charge in [0.2, 0.25) is 4.96 Å². The Labute approximate surface area is 166 Å². The van der Waals surface area contributed by atoms with E-state index in [4.69, 9.17) is 4.74 Å². The van der Waals surface area contributed by atoms with Gasteiger partial charge < -0.3 is 4.74 Å². The Balaban J connectivity index is 1.64. The maximum absolute atomic E-state index is 12.7. The third-order valence-corrected chi connectivity index (χ3v) is 5.41. The van der Waals surface area contributed by atoms with E-state index in [0.29, 0.717) is 21.9 Å². The van der Waals surface area contributed by atoms with Crippen LogP contribution in [0.25, 0.3) is 22.4 Å². The third kappa shape index (κ3) is 3.68. The highest BCUT2D eigenvalue weighted by Gasteiger charge is 2.12. The molecule has 0 aliphatic carbocycles. The van der Waals surface area contributed by atoms with Gasteiger partial charge in [-0.1, -0.05) is 49.4 Å². The van der Waals surface area contributed by atoms with Gasteiger partial charge >= 0.3 is 0 Å². The normalized spacial score (nSPS) is 12.0. The van der Waals surface area contributed by atoms with Crippen LogP contribution in [0.5, 0.6) is 5.75 Å². The van der Waals surface area contributed by atoms with Gasteiger partial charge in [0.25, 0.3) is 5.56 Å². The van der Waals surface area contributed by atoms with E-state index in [1.807, 2.05) is 42.5 Å². The largest absolute Gasteiger partial charge is 0.494 e. The summed E-state index contributed by atoms with van der Waals surface area (Å²) in [6, 6.07) is 15.9. The first kappa shape index (κ1) is 18.4. The predicted octanol–water partition coefficient (Wildman–Crippen LogP) is 3.72. The second-order valence-electron chi connectivity index (χ2n) is 6.51. The molecule has 0 unspecified atom stereocenters. The number of hydrogen-bond acceptors (Lipinski definition) is 5. The van der Waals surface area contributed by atoms with Crippen molar-refractivity contribution in [2.75, 3.05) is 6.61 Å². The summed E-state index contributed by atoms with van der Waals surface area (Å²) in [7, 11) is 0. The molecule has 0 N–H and O–H groups in total. The van der Waals surface area contributed by atoms with Gasteiger partial charge in [-0.05, 0) is 54.3 Å². The molecule has 5 nitrogen and oxygen atoms in total. The Kier molecular flexibility index (Phi) is 5.21. The number of nitrogens with zero attached hydrogens (tertiary/aromatic N) is 3. The first-order valence-corrected chi connectivity index (χ1v) is 10.2. The fourth-order valence-corrected chi connectivity index (χ4v) is 3.78. The second-order valence-corrected chi connectivity index (χ2v) is 7.52. The van der Waals surface area contributed by atoms with Crippen LogP contribution < -0.4 is 14.8 Å². The van der Waals surface area contributed by atoms with Crippen molar-refractivity contribution in [1.82, 2.24) is 14.6 Å². The van der Waals surface area contributed by atoms with E-state index in [9.17, 15) is 4.79 Å². The van der Waals surface area contributed by atoms with Crippen molar-refractivity contribution in [3.8, 4) is 17.1 Å². The Morgan fingerprint density at radius 1 is 1.07 bits per heavy atom. The van der Waals surface area contributed by atoms with Gasteiger partial charge in [-0.3, -0.25) is 4.79 Å². The quantitative estimate of drug-likeness (QED) is 0.503. The summed E-state index contributed by atoms with van der Waals surface area (Å²) in [5.41, 5.74) is 3.00. The molecule has 0 fully saturated rings. The van der Waals surface area contributed by atoms with Gasteiger partial charge in [-0.15, -0.1) is 5.10 Å². The highest BCUT2D eigenvalue weighted by molar-refractivity contribution is 7.15. The zero-order chi connectivity index (χ0) is 19.5. The highest BCUT2D eigenvalue weighted by atomic mass is 32.1. The molecule has 0 aliphatic rings. The van der Waals surface area contributed by atoms with Crippen LogP contribution in [0.1, 0.15) is 31.4 Å². The second kappa shape index (κ2) is 7.94. The molecule has 0 aliphatic heterocycles. The monoisotopic (exact) mass is 391 g/mol. The van der Waals surface area contributed by atoms with E-state index >= 15 is 0 Å². The number of hydrogen-bond donors (Lipinski definition) is 0. The van der Waals surface area contributed by atoms with Crippen LogP contribution in [-0.2, 0) is 6.42 Å². The molecule has 0 saturated heterocycles. The lowest BCUT2D eigenvalue weighted by molar-refractivity contribution is 0.317. The Morgan fingerprint density at radius 3 is 2.46 bits per heavy atom. The fraction of sp³-hybridized carbons (Fsp3) is 0.227. The molecule has 0 saturated carbocycles. The molecule has 4 rings (SSSR count). The van der Waals surface area contributed by atoms with Crippen LogP contribution >= 0.6 is 11.3 Å². The fourth-order valence-electron chi connectivity index (χ4n) is 2.88. The van der Waals surface area contributed by atoms with Gasteiger partial charge in [0.15, 0.2) is 5.82 Å². The number of rotatable bonds is 6. The molecular formula is C22H21N3O2S. The van der Waals surface area contributed by atoms with Gasteiger partial charge in [0, 0.05) is 5.56 Å². The lowest BCUT2D eigenvalue weighted by Gasteiger charge is -2.04. The minimum atomic E-state index is -0.138. The highest BCUT2D eigenvalue weighted by Crippen LogP contribution is 2.20. The summed E-state index contributed by atoms with van der Waals surface area (Å²) in [6.45, 7) is 4.89. The van der Waals surface area contributed by atoms with Gasteiger partial charge in [0.05, 0.1) is 11.1 Å². The molecule has 0 amide bonds. The van der Waals surface area contributed by atoms with Crippen molar-refractivity contribution < 1.29 is 4.74 Å². The number of benzene rings is 2. The lowest BCUT2D eigenvalue weighted by Crippen LogP contribution is -2.23. The smallest absolute Gasteiger partial charge is 0.291 e. The van der Waals surface area contributed by atoms with Crippen molar-refractivity contribution in [2.24, 2.45) is 0 Å². The topological polar surface area (TPSA) is 56.5 Å². The molecule has 4 aromatic rings. The Morgan fingerprint density at radius 2 is 1.82 bits per heavy atom. The minimum absolute atomic E-state index is 0.138. The van der Waals surface area contributed by atoms with E-state index in [1.165, 1.54) is 21.4 Å². The average Bonchev–Trinajstić information content (AvgIpc) is 3.27. The number of ether oxygens (including phenoxy) is 1. The summed E-state index contributed by atoms with van der Waals surface area (Å²) in [4.78, 5) is 17.8.